The van der Waals surface area contributed by atoms with Crippen molar-refractivity contribution >= 4 is 11.8 Å². The van der Waals surface area contributed by atoms with Gasteiger partial charge in [0.05, 0.1) is 0 Å². The first-order chi connectivity index (χ1) is 8.64. The second-order valence-corrected chi connectivity index (χ2v) is 7.55. The molecule has 0 aromatic heterocycles. The molecule has 3 heteroatoms. The van der Waals surface area contributed by atoms with Gasteiger partial charge in [0.2, 0.25) is 0 Å². The highest BCUT2D eigenvalue weighted by atomic mass is 32.2. The van der Waals surface area contributed by atoms with Crippen LogP contribution in [0.2, 0.25) is 0 Å². The van der Waals surface area contributed by atoms with Crippen molar-refractivity contribution in [1.29, 1.82) is 0 Å². The molecule has 0 amide bonds. The molecule has 106 valence electrons. The van der Waals surface area contributed by atoms with Crippen molar-refractivity contribution in [3.63, 3.8) is 0 Å². The highest BCUT2D eigenvalue weighted by Crippen LogP contribution is 2.48. The molecule has 2 fully saturated rings. The first-order valence-electron chi connectivity index (χ1n) is 7.66. The van der Waals surface area contributed by atoms with E-state index in [1.54, 1.807) is 0 Å². The Balaban J connectivity index is 1.95. The SMILES string of the molecule is CCC(C)C1CN(CC2(SC)CC2)C(CC)CN1. The van der Waals surface area contributed by atoms with Gasteiger partial charge in [0, 0.05) is 36.5 Å². The number of hydrogen-bond acceptors (Lipinski definition) is 3. The molecule has 1 N–H and O–H groups in total. The van der Waals surface area contributed by atoms with Gasteiger partial charge >= 0.3 is 0 Å². The third-order valence-corrected chi connectivity index (χ3v) is 6.50. The van der Waals surface area contributed by atoms with Gasteiger partial charge in [0.15, 0.2) is 0 Å². The Morgan fingerprint density at radius 1 is 1.39 bits per heavy atom. The molecule has 18 heavy (non-hydrogen) atoms. The van der Waals surface area contributed by atoms with Crippen molar-refractivity contribution in [2.24, 2.45) is 5.92 Å². The fourth-order valence-corrected chi connectivity index (χ4v) is 3.89. The van der Waals surface area contributed by atoms with Gasteiger partial charge in [0.25, 0.3) is 0 Å². The van der Waals surface area contributed by atoms with Crippen molar-refractivity contribution in [2.45, 2.75) is 63.3 Å². The van der Waals surface area contributed by atoms with Crippen LogP contribution in [0.5, 0.6) is 0 Å². The van der Waals surface area contributed by atoms with E-state index in [0.29, 0.717) is 10.8 Å². The molecule has 1 aliphatic heterocycles. The number of nitrogens with one attached hydrogen (secondary N) is 1. The van der Waals surface area contributed by atoms with Crippen LogP contribution in [0, 0.1) is 5.92 Å². The van der Waals surface area contributed by atoms with Gasteiger partial charge in [0.1, 0.15) is 0 Å². The molecule has 0 spiro atoms. The average molecular weight is 270 g/mol. The fraction of sp³-hybridized carbons (Fsp3) is 1.00. The van der Waals surface area contributed by atoms with Crippen LogP contribution in [0.4, 0.5) is 0 Å². The van der Waals surface area contributed by atoms with Crippen LogP contribution < -0.4 is 5.32 Å². The van der Waals surface area contributed by atoms with E-state index in [1.807, 2.05) is 0 Å². The first kappa shape index (κ1) is 14.7. The van der Waals surface area contributed by atoms with Crippen LogP contribution in [0.1, 0.15) is 46.5 Å². The fourth-order valence-electron chi connectivity index (χ4n) is 3.08. The summed E-state index contributed by atoms with van der Waals surface area (Å²) in [6.45, 7) is 10.8. The third-order valence-electron chi connectivity index (χ3n) is 5.10. The van der Waals surface area contributed by atoms with E-state index in [1.165, 1.54) is 45.3 Å². The summed E-state index contributed by atoms with van der Waals surface area (Å²) in [4.78, 5) is 2.79. The van der Waals surface area contributed by atoms with Gasteiger partial charge < -0.3 is 5.32 Å². The van der Waals surface area contributed by atoms with Crippen LogP contribution in [0.3, 0.4) is 0 Å². The smallest absolute Gasteiger partial charge is 0.0285 e. The topological polar surface area (TPSA) is 15.3 Å². The number of piperazine rings is 1. The number of nitrogens with zero attached hydrogens (tertiary/aromatic N) is 1. The monoisotopic (exact) mass is 270 g/mol. The Morgan fingerprint density at radius 2 is 2.11 bits per heavy atom. The van der Waals surface area contributed by atoms with Gasteiger partial charge in [-0.25, -0.2) is 0 Å². The molecule has 0 bridgehead atoms. The Labute approximate surface area is 117 Å². The third kappa shape index (κ3) is 3.23. The van der Waals surface area contributed by atoms with Crippen molar-refractivity contribution in [3.05, 3.63) is 0 Å². The van der Waals surface area contributed by atoms with E-state index in [2.05, 4.69) is 49.0 Å². The Bertz CT molecular complexity index is 265. The van der Waals surface area contributed by atoms with Gasteiger partial charge in [-0.05, 0) is 31.4 Å². The largest absolute Gasteiger partial charge is 0.311 e. The minimum Gasteiger partial charge on any atom is -0.311 e. The molecule has 0 aromatic carbocycles. The van der Waals surface area contributed by atoms with Gasteiger partial charge in [-0.15, -0.1) is 0 Å². The van der Waals surface area contributed by atoms with Gasteiger partial charge in [-0.3, -0.25) is 4.90 Å². The zero-order valence-corrected chi connectivity index (χ0v) is 13.4. The van der Waals surface area contributed by atoms with Gasteiger partial charge in [-0.1, -0.05) is 27.2 Å². The molecule has 2 rings (SSSR count). The summed E-state index contributed by atoms with van der Waals surface area (Å²) in [5.74, 6) is 0.801. The molecule has 1 saturated heterocycles. The standard InChI is InChI=1S/C15H30N2S/c1-5-12(3)14-10-17(13(6-2)9-16-14)11-15(18-4)7-8-15/h12-14,16H,5-11H2,1-4H3. The van der Waals surface area contributed by atoms with E-state index >= 15 is 0 Å². The lowest BCUT2D eigenvalue weighted by atomic mass is 9.94. The van der Waals surface area contributed by atoms with Gasteiger partial charge in [-0.2, -0.15) is 11.8 Å². The summed E-state index contributed by atoms with van der Waals surface area (Å²) in [7, 11) is 0. The maximum Gasteiger partial charge on any atom is 0.0285 e. The molecule has 1 aliphatic carbocycles. The second kappa shape index (κ2) is 6.15. The lowest BCUT2D eigenvalue weighted by Gasteiger charge is -2.43. The van der Waals surface area contributed by atoms with Crippen molar-refractivity contribution < 1.29 is 0 Å². The van der Waals surface area contributed by atoms with Crippen molar-refractivity contribution in [3.8, 4) is 0 Å². The zero-order valence-electron chi connectivity index (χ0n) is 12.5. The maximum atomic E-state index is 3.78. The lowest BCUT2D eigenvalue weighted by Crippen LogP contribution is -2.59. The van der Waals surface area contributed by atoms with Crippen LogP contribution in [0.25, 0.3) is 0 Å². The minimum atomic E-state index is 0.616. The molecule has 0 aromatic rings. The average Bonchev–Trinajstić information content (AvgIpc) is 3.18. The van der Waals surface area contributed by atoms with Crippen LogP contribution in [-0.4, -0.2) is 47.6 Å². The Hall–Kier alpha value is 0.270. The highest BCUT2D eigenvalue weighted by Gasteiger charge is 2.45. The van der Waals surface area contributed by atoms with Crippen LogP contribution in [0.15, 0.2) is 0 Å². The highest BCUT2D eigenvalue weighted by molar-refractivity contribution is 8.00. The normalized spacial score (nSPS) is 33.3. The first-order valence-corrected chi connectivity index (χ1v) is 8.89. The van der Waals surface area contributed by atoms with Crippen LogP contribution in [-0.2, 0) is 0 Å². The Kier molecular flexibility index (Phi) is 5.01. The lowest BCUT2D eigenvalue weighted by molar-refractivity contribution is 0.105. The molecular formula is C15H30N2S. The second-order valence-electron chi connectivity index (χ2n) is 6.28. The molecule has 1 saturated carbocycles. The summed E-state index contributed by atoms with van der Waals surface area (Å²) < 4.78 is 0.616. The quantitative estimate of drug-likeness (QED) is 0.799. The van der Waals surface area contributed by atoms with E-state index in [9.17, 15) is 0 Å². The number of hydrogen-bond donors (Lipinski definition) is 1. The zero-order chi connectivity index (χ0) is 13.2. The molecule has 0 radical (unpaired) electrons. The molecule has 3 unspecified atom stereocenters. The molecular weight excluding hydrogens is 240 g/mol. The summed E-state index contributed by atoms with van der Waals surface area (Å²) in [5, 5.41) is 3.78. The predicted molar refractivity (Wildman–Crippen MR) is 82.4 cm³/mol. The minimum absolute atomic E-state index is 0.616. The molecule has 1 heterocycles. The number of rotatable bonds is 6. The maximum absolute atomic E-state index is 3.78. The summed E-state index contributed by atoms with van der Waals surface area (Å²) in [5.41, 5.74) is 0. The predicted octanol–water partition coefficient (Wildman–Crippen LogP) is 2.98. The van der Waals surface area contributed by atoms with E-state index in [-0.39, 0.29) is 0 Å². The molecule has 3 atom stereocenters. The van der Waals surface area contributed by atoms with E-state index in [4.69, 9.17) is 0 Å². The molecule has 2 aliphatic rings. The van der Waals surface area contributed by atoms with E-state index in [0.717, 1.165) is 12.0 Å². The van der Waals surface area contributed by atoms with Crippen molar-refractivity contribution in [1.82, 2.24) is 10.2 Å². The Morgan fingerprint density at radius 3 is 2.61 bits per heavy atom. The number of thioether (sulfide) groups is 1. The molecule has 2 nitrogen and oxygen atoms in total. The summed E-state index contributed by atoms with van der Waals surface area (Å²) in [6, 6.07) is 1.46. The van der Waals surface area contributed by atoms with E-state index < -0.39 is 0 Å². The summed E-state index contributed by atoms with van der Waals surface area (Å²) >= 11 is 2.10. The van der Waals surface area contributed by atoms with Crippen molar-refractivity contribution in [2.75, 3.05) is 25.9 Å². The summed E-state index contributed by atoms with van der Waals surface area (Å²) in [6.07, 6.45) is 7.73. The van der Waals surface area contributed by atoms with Crippen LogP contribution >= 0.6 is 11.8 Å².